The molecule has 0 aromatic heterocycles. The number of alkyl halides is 3. The molecule has 0 aliphatic rings. The number of hydrogen-bond donors (Lipinski definition) is 1. The lowest BCUT2D eigenvalue weighted by atomic mass is 10.0. The summed E-state index contributed by atoms with van der Waals surface area (Å²) in [5.74, 6) is -1.74. The van der Waals surface area contributed by atoms with Crippen molar-refractivity contribution in [2.45, 2.75) is 18.9 Å². The SMILES string of the molecule is CN(C)CCOC(C)(O)c1cccc(C(F)(F)F)c1.Cl. The lowest BCUT2D eigenvalue weighted by Crippen LogP contribution is -2.29. The van der Waals surface area contributed by atoms with Gasteiger partial charge in [0.15, 0.2) is 5.79 Å². The van der Waals surface area contributed by atoms with Crippen molar-refractivity contribution in [3.05, 3.63) is 35.4 Å². The zero-order valence-electron chi connectivity index (χ0n) is 11.6. The van der Waals surface area contributed by atoms with Crippen molar-refractivity contribution < 1.29 is 23.0 Å². The Hall–Kier alpha value is -0.820. The van der Waals surface area contributed by atoms with E-state index >= 15 is 0 Å². The molecule has 0 saturated heterocycles. The fourth-order valence-electron chi connectivity index (χ4n) is 1.49. The number of likely N-dealkylation sites (N-methyl/N-ethyl adjacent to an activating group) is 1. The van der Waals surface area contributed by atoms with Gasteiger partial charge in [-0.25, -0.2) is 0 Å². The van der Waals surface area contributed by atoms with Crippen LogP contribution in [0.15, 0.2) is 24.3 Å². The average Bonchev–Trinajstić information content (AvgIpc) is 2.27. The van der Waals surface area contributed by atoms with Crippen molar-refractivity contribution in [1.29, 1.82) is 0 Å². The zero-order valence-corrected chi connectivity index (χ0v) is 12.4. The molecule has 0 amide bonds. The van der Waals surface area contributed by atoms with Gasteiger partial charge in [-0.2, -0.15) is 13.2 Å². The van der Waals surface area contributed by atoms with Crippen LogP contribution in [0.1, 0.15) is 18.1 Å². The summed E-state index contributed by atoms with van der Waals surface area (Å²) in [5, 5.41) is 10.1. The Balaban J connectivity index is 0.00000361. The van der Waals surface area contributed by atoms with Crippen molar-refractivity contribution in [3.8, 4) is 0 Å². The Labute approximate surface area is 122 Å². The maximum atomic E-state index is 12.6. The Bertz CT molecular complexity index is 422. The van der Waals surface area contributed by atoms with Gasteiger partial charge in [0.1, 0.15) is 0 Å². The van der Waals surface area contributed by atoms with E-state index in [2.05, 4.69) is 0 Å². The van der Waals surface area contributed by atoms with E-state index in [0.717, 1.165) is 12.1 Å². The highest BCUT2D eigenvalue weighted by Gasteiger charge is 2.33. The molecule has 0 bridgehead atoms. The maximum absolute atomic E-state index is 12.6. The van der Waals surface area contributed by atoms with E-state index in [1.54, 1.807) is 0 Å². The minimum Gasteiger partial charge on any atom is -0.362 e. The van der Waals surface area contributed by atoms with Gasteiger partial charge in [-0.1, -0.05) is 12.1 Å². The summed E-state index contributed by atoms with van der Waals surface area (Å²) in [6, 6.07) is 4.52. The van der Waals surface area contributed by atoms with Gasteiger partial charge in [0.2, 0.25) is 0 Å². The number of benzene rings is 1. The highest BCUT2D eigenvalue weighted by molar-refractivity contribution is 5.85. The minimum atomic E-state index is -4.43. The topological polar surface area (TPSA) is 32.7 Å². The van der Waals surface area contributed by atoms with Crippen LogP contribution in [0.4, 0.5) is 13.2 Å². The van der Waals surface area contributed by atoms with Gasteiger partial charge < -0.3 is 14.7 Å². The lowest BCUT2D eigenvalue weighted by Gasteiger charge is -2.25. The van der Waals surface area contributed by atoms with Crippen molar-refractivity contribution in [1.82, 2.24) is 4.90 Å². The molecule has 1 atom stereocenters. The summed E-state index contributed by atoms with van der Waals surface area (Å²) in [5.41, 5.74) is -0.720. The van der Waals surface area contributed by atoms with E-state index in [0.29, 0.717) is 6.54 Å². The van der Waals surface area contributed by atoms with E-state index in [4.69, 9.17) is 4.74 Å². The molecule has 1 unspecified atom stereocenters. The third-order valence-corrected chi connectivity index (χ3v) is 2.65. The van der Waals surface area contributed by atoms with Crippen LogP contribution in [0.25, 0.3) is 0 Å². The molecule has 20 heavy (non-hydrogen) atoms. The number of rotatable bonds is 5. The summed E-state index contributed by atoms with van der Waals surface area (Å²) >= 11 is 0. The number of aliphatic hydroxyl groups is 1. The summed E-state index contributed by atoms with van der Waals surface area (Å²) in [4.78, 5) is 1.85. The molecule has 0 aliphatic carbocycles. The van der Waals surface area contributed by atoms with E-state index in [9.17, 15) is 18.3 Å². The van der Waals surface area contributed by atoms with Gasteiger partial charge >= 0.3 is 6.18 Å². The van der Waals surface area contributed by atoms with Crippen LogP contribution in [0.2, 0.25) is 0 Å². The molecule has 0 saturated carbocycles. The Kier molecular flexibility index (Phi) is 6.97. The predicted molar refractivity (Wildman–Crippen MR) is 72.8 cm³/mol. The number of ether oxygens (including phenoxy) is 1. The first-order valence-corrected chi connectivity index (χ1v) is 5.82. The average molecular weight is 314 g/mol. The molecular formula is C13H19ClF3NO2. The fraction of sp³-hybridized carbons (Fsp3) is 0.538. The monoisotopic (exact) mass is 313 g/mol. The molecule has 1 rings (SSSR count). The molecule has 0 spiro atoms. The first kappa shape index (κ1) is 19.2. The summed E-state index contributed by atoms with van der Waals surface area (Å²) < 4.78 is 43.0. The molecular weight excluding hydrogens is 295 g/mol. The smallest absolute Gasteiger partial charge is 0.362 e. The molecule has 0 radical (unpaired) electrons. The van der Waals surface area contributed by atoms with Crippen molar-refractivity contribution in [3.63, 3.8) is 0 Å². The maximum Gasteiger partial charge on any atom is 0.416 e. The zero-order chi connectivity index (χ0) is 14.7. The van der Waals surface area contributed by atoms with Crippen molar-refractivity contribution >= 4 is 12.4 Å². The molecule has 116 valence electrons. The van der Waals surface area contributed by atoms with Crippen LogP contribution < -0.4 is 0 Å². The first-order chi connectivity index (χ1) is 8.63. The molecule has 1 aromatic carbocycles. The van der Waals surface area contributed by atoms with Gasteiger partial charge in [0, 0.05) is 12.1 Å². The standard InChI is InChI=1S/C13H18F3NO2.ClH/c1-12(18,19-8-7-17(2)3)10-5-4-6-11(9-10)13(14,15)16;/h4-6,9,18H,7-8H2,1-3H3;1H. The Morgan fingerprint density at radius 2 is 1.75 bits per heavy atom. The second-order valence-electron chi connectivity index (χ2n) is 4.71. The van der Waals surface area contributed by atoms with Gasteiger partial charge in [-0.05, 0) is 33.2 Å². The Morgan fingerprint density at radius 3 is 2.25 bits per heavy atom. The molecule has 0 aliphatic heterocycles. The first-order valence-electron chi connectivity index (χ1n) is 5.82. The number of nitrogens with zero attached hydrogens (tertiary/aromatic N) is 1. The quantitative estimate of drug-likeness (QED) is 0.849. The molecule has 7 heteroatoms. The van der Waals surface area contributed by atoms with Crippen LogP contribution in [0.5, 0.6) is 0 Å². The second kappa shape index (κ2) is 7.26. The highest BCUT2D eigenvalue weighted by atomic mass is 35.5. The third kappa shape index (κ3) is 5.66. The predicted octanol–water partition coefficient (Wildman–Crippen LogP) is 2.87. The van der Waals surface area contributed by atoms with Gasteiger partial charge in [0.05, 0.1) is 12.2 Å². The molecule has 1 aromatic rings. The van der Waals surface area contributed by atoms with Crippen LogP contribution >= 0.6 is 12.4 Å². The van der Waals surface area contributed by atoms with Crippen LogP contribution in [0, 0.1) is 0 Å². The molecule has 0 fully saturated rings. The van der Waals surface area contributed by atoms with E-state index < -0.39 is 17.5 Å². The molecule has 3 nitrogen and oxygen atoms in total. The second-order valence-corrected chi connectivity index (χ2v) is 4.71. The molecule has 1 N–H and O–H groups in total. The van der Waals surface area contributed by atoms with Crippen molar-refractivity contribution in [2.75, 3.05) is 27.2 Å². The largest absolute Gasteiger partial charge is 0.416 e. The summed E-state index contributed by atoms with van der Waals surface area (Å²) in [7, 11) is 3.67. The van der Waals surface area contributed by atoms with Gasteiger partial charge in [-0.3, -0.25) is 0 Å². The van der Waals surface area contributed by atoms with Crippen LogP contribution in [-0.2, 0) is 16.7 Å². The summed E-state index contributed by atoms with van der Waals surface area (Å²) in [6.07, 6.45) is -4.43. The van der Waals surface area contributed by atoms with E-state index in [1.807, 2.05) is 19.0 Å². The molecule has 0 heterocycles. The van der Waals surface area contributed by atoms with Crippen molar-refractivity contribution in [2.24, 2.45) is 0 Å². The number of halogens is 4. The van der Waals surface area contributed by atoms with Crippen LogP contribution in [0.3, 0.4) is 0 Å². The number of hydrogen-bond acceptors (Lipinski definition) is 3. The van der Waals surface area contributed by atoms with Gasteiger partial charge in [-0.15, -0.1) is 12.4 Å². The fourth-order valence-corrected chi connectivity index (χ4v) is 1.49. The third-order valence-electron chi connectivity index (χ3n) is 2.65. The van der Waals surface area contributed by atoms with E-state index in [-0.39, 0.29) is 24.6 Å². The minimum absolute atomic E-state index is 0. The summed E-state index contributed by atoms with van der Waals surface area (Å²) in [6.45, 7) is 2.11. The highest BCUT2D eigenvalue weighted by Crippen LogP contribution is 2.32. The van der Waals surface area contributed by atoms with Crippen LogP contribution in [-0.4, -0.2) is 37.3 Å². The Morgan fingerprint density at radius 1 is 1.20 bits per heavy atom. The van der Waals surface area contributed by atoms with E-state index in [1.165, 1.54) is 19.1 Å². The van der Waals surface area contributed by atoms with Gasteiger partial charge in [0.25, 0.3) is 0 Å². The normalized spacial score (nSPS) is 14.8. The lowest BCUT2D eigenvalue weighted by molar-refractivity contribution is -0.200.